The van der Waals surface area contributed by atoms with Gasteiger partial charge >= 0.3 is 0 Å². The minimum atomic E-state index is 0.406. The first-order valence-electron chi connectivity index (χ1n) is 4.98. The maximum Gasteiger partial charge on any atom is 0.185 e. The van der Waals surface area contributed by atoms with Crippen molar-refractivity contribution in [2.24, 2.45) is 0 Å². The highest BCUT2D eigenvalue weighted by Gasteiger charge is 2.04. The summed E-state index contributed by atoms with van der Waals surface area (Å²) in [7, 11) is 2.05. The fourth-order valence-electron chi connectivity index (χ4n) is 1.32. The van der Waals surface area contributed by atoms with Crippen molar-refractivity contribution in [1.29, 1.82) is 0 Å². The first kappa shape index (κ1) is 11.0. The average molecular weight is 195 g/mol. The molecule has 1 aromatic rings. The zero-order chi connectivity index (χ0) is 10.4. The first-order valence-corrected chi connectivity index (χ1v) is 4.98. The van der Waals surface area contributed by atoms with Crippen LogP contribution in [0.15, 0.2) is 16.5 Å². The predicted octanol–water partition coefficient (Wildman–Crippen LogP) is 2.32. The van der Waals surface area contributed by atoms with Gasteiger partial charge in [0.25, 0.3) is 0 Å². The Morgan fingerprint density at radius 1 is 1.50 bits per heavy atom. The molecule has 0 aromatic carbocycles. The zero-order valence-corrected chi connectivity index (χ0v) is 8.82. The van der Waals surface area contributed by atoms with Crippen LogP contribution in [0.3, 0.4) is 0 Å². The number of nitrogens with zero attached hydrogens (tertiary/aromatic N) is 1. The Morgan fingerprint density at radius 3 is 2.86 bits per heavy atom. The Labute approximate surface area is 84.7 Å². The molecule has 14 heavy (non-hydrogen) atoms. The van der Waals surface area contributed by atoms with Crippen LogP contribution >= 0.6 is 0 Å². The third kappa shape index (κ3) is 3.34. The number of hydrogen-bond acceptors (Lipinski definition) is 3. The van der Waals surface area contributed by atoms with Gasteiger partial charge in [-0.2, -0.15) is 0 Å². The molecule has 0 amide bonds. The first-order chi connectivity index (χ1) is 6.76. The number of carbonyl (C=O) groups excluding carboxylic acids is 1. The Balaban J connectivity index is 2.39. The van der Waals surface area contributed by atoms with Crippen molar-refractivity contribution in [3.63, 3.8) is 0 Å². The summed E-state index contributed by atoms with van der Waals surface area (Å²) in [5.41, 5.74) is 0. The van der Waals surface area contributed by atoms with Crippen LogP contribution in [0.25, 0.3) is 0 Å². The van der Waals surface area contributed by atoms with Crippen molar-refractivity contribution in [2.75, 3.05) is 13.6 Å². The van der Waals surface area contributed by atoms with Crippen LogP contribution in [-0.2, 0) is 6.54 Å². The average Bonchev–Trinajstić information content (AvgIpc) is 2.62. The van der Waals surface area contributed by atoms with Gasteiger partial charge in [-0.05, 0) is 32.1 Å². The maximum absolute atomic E-state index is 10.4. The van der Waals surface area contributed by atoms with Crippen LogP contribution in [0.4, 0.5) is 0 Å². The lowest BCUT2D eigenvalue weighted by Crippen LogP contribution is -2.18. The maximum atomic E-state index is 10.4. The third-order valence-electron chi connectivity index (χ3n) is 2.12. The van der Waals surface area contributed by atoms with Crippen LogP contribution in [-0.4, -0.2) is 24.8 Å². The molecule has 0 spiro atoms. The van der Waals surface area contributed by atoms with Crippen LogP contribution in [0, 0.1) is 0 Å². The molecule has 0 aliphatic carbocycles. The minimum Gasteiger partial charge on any atom is -0.457 e. The van der Waals surface area contributed by atoms with Gasteiger partial charge < -0.3 is 4.42 Å². The molecule has 78 valence electrons. The van der Waals surface area contributed by atoms with E-state index in [0.29, 0.717) is 5.76 Å². The highest BCUT2D eigenvalue weighted by molar-refractivity contribution is 5.70. The molecule has 1 aromatic heterocycles. The van der Waals surface area contributed by atoms with Crippen molar-refractivity contribution in [1.82, 2.24) is 4.90 Å². The molecule has 0 saturated heterocycles. The number of aldehydes is 1. The summed E-state index contributed by atoms with van der Waals surface area (Å²) in [4.78, 5) is 12.6. The molecule has 0 atom stereocenters. The molecule has 0 fully saturated rings. The lowest BCUT2D eigenvalue weighted by molar-refractivity contribution is 0.109. The molecule has 0 aliphatic rings. The highest BCUT2D eigenvalue weighted by Crippen LogP contribution is 2.08. The minimum absolute atomic E-state index is 0.406. The molecule has 0 bridgehead atoms. The monoisotopic (exact) mass is 195 g/mol. The van der Waals surface area contributed by atoms with Gasteiger partial charge in [0.1, 0.15) is 5.76 Å². The van der Waals surface area contributed by atoms with E-state index in [1.165, 1.54) is 12.8 Å². The van der Waals surface area contributed by atoms with E-state index in [9.17, 15) is 4.79 Å². The van der Waals surface area contributed by atoms with Gasteiger partial charge in [-0.1, -0.05) is 13.3 Å². The van der Waals surface area contributed by atoms with Crippen LogP contribution in [0.1, 0.15) is 36.1 Å². The van der Waals surface area contributed by atoms with Crippen molar-refractivity contribution in [3.05, 3.63) is 23.7 Å². The molecule has 0 saturated carbocycles. The van der Waals surface area contributed by atoms with Crippen molar-refractivity contribution in [3.8, 4) is 0 Å². The number of furan rings is 1. The molecule has 0 N–H and O–H groups in total. The summed E-state index contributed by atoms with van der Waals surface area (Å²) < 4.78 is 5.27. The Morgan fingerprint density at radius 2 is 2.29 bits per heavy atom. The summed E-state index contributed by atoms with van der Waals surface area (Å²) >= 11 is 0. The molecule has 3 heteroatoms. The molecule has 1 heterocycles. The van der Waals surface area contributed by atoms with Gasteiger partial charge in [-0.25, -0.2) is 0 Å². The third-order valence-corrected chi connectivity index (χ3v) is 2.12. The van der Waals surface area contributed by atoms with Gasteiger partial charge in [0.05, 0.1) is 6.54 Å². The molecule has 0 unspecified atom stereocenters. The van der Waals surface area contributed by atoms with Crippen molar-refractivity contribution >= 4 is 6.29 Å². The number of hydrogen-bond donors (Lipinski definition) is 0. The summed E-state index contributed by atoms with van der Waals surface area (Å²) in [6, 6.07) is 3.56. The normalized spacial score (nSPS) is 10.8. The van der Waals surface area contributed by atoms with E-state index in [4.69, 9.17) is 4.42 Å². The largest absolute Gasteiger partial charge is 0.457 e. The summed E-state index contributed by atoms with van der Waals surface area (Å²) in [6.07, 6.45) is 3.12. The van der Waals surface area contributed by atoms with E-state index in [-0.39, 0.29) is 0 Å². The van der Waals surface area contributed by atoms with Crippen LogP contribution < -0.4 is 0 Å². The van der Waals surface area contributed by atoms with E-state index in [1.54, 1.807) is 6.07 Å². The van der Waals surface area contributed by atoms with Gasteiger partial charge in [0, 0.05) is 0 Å². The van der Waals surface area contributed by atoms with Gasteiger partial charge in [0.15, 0.2) is 12.0 Å². The molecular weight excluding hydrogens is 178 g/mol. The number of carbonyl (C=O) groups is 1. The summed E-state index contributed by atoms with van der Waals surface area (Å²) in [6.45, 7) is 4.01. The molecular formula is C11H17NO2. The lowest BCUT2D eigenvalue weighted by Gasteiger charge is -2.13. The number of unbranched alkanes of at least 4 members (excludes halogenated alkanes) is 1. The fourth-order valence-corrected chi connectivity index (χ4v) is 1.32. The van der Waals surface area contributed by atoms with Gasteiger partial charge in [0.2, 0.25) is 0 Å². The summed E-state index contributed by atoms with van der Waals surface area (Å²) in [5, 5.41) is 0. The standard InChI is InChI=1S/C11H17NO2/c1-3-4-7-12(2)8-10-5-6-11(9-13)14-10/h5-6,9H,3-4,7-8H2,1-2H3. The van der Waals surface area contributed by atoms with E-state index in [2.05, 4.69) is 18.9 Å². The second-order valence-corrected chi connectivity index (χ2v) is 3.51. The van der Waals surface area contributed by atoms with Gasteiger partial charge in [-0.15, -0.1) is 0 Å². The molecule has 0 aliphatic heterocycles. The second-order valence-electron chi connectivity index (χ2n) is 3.51. The fraction of sp³-hybridized carbons (Fsp3) is 0.545. The van der Waals surface area contributed by atoms with E-state index in [0.717, 1.165) is 25.1 Å². The molecule has 3 nitrogen and oxygen atoms in total. The molecule has 0 radical (unpaired) electrons. The zero-order valence-electron chi connectivity index (χ0n) is 8.82. The SMILES string of the molecule is CCCCN(C)Cc1ccc(C=O)o1. The van der Waals surface area contributed by atoms with E-state index >= 15 is 0 Å². The summed E-state index contributed by atoms with van der Waals surface area (Å²) in [5.74, 6) is 1.26. The smallest absolute Gasteiger partial charge is 0.185 e. The highest BCUT2D eigenvalue weighted by atomic mass is 16.3. The Hall–Kier alpha value is -1.09. The second kappa shape index (κ2) is 5.60. The van der Waals surface area contributed by atoms with Crippen LogP contribution in [0.5, 0.6) is 0 Å². The Kier molecular flexibility index (Phi) is 4.40. The number of rotatable bonds is 6. The van der Waals surface area contributed by atoms with Crippen molar-refractivity contribution in [2.45, 2.75) is 26.3 Å². The topological polar surface area (TPSA) is 33.5 Å². The predicted molar refractivity (Wildman–Crippen MR) is 55.3 cm³/mol. The van der Waals surface area contributed by atoms with Crippen LogP contribution in [0.2, 0.25) is 0 Å². The molecule has 1 rings (SSSR count). The quantitative estimate of drug-likeness (QED) is 0.653. The van der Waals surface area contributed by atoms with E-state index in [1.807, 2.05) is 6.07 Å². The van der Waals surface area contributed by atoms with Crippen molar-refractivity contribution < 1.29 is 9.21 Å². The van der Waals surface area contributed by atoms with Gasteiger partial charge in [-0.3, -0.25) is 9.69 Å². The Bertz CT molecular complexity index is 281. The van der Waals surface area contributed by atoms with E-state index < -0.39 is 0 Å². The lowest BCUT2D eigenvalue weighted by atomic mass is 10.3.